The summed E-state index contributed by atoms with van der Waals surface area (Å²) >= 11 is 0. The summed E-state index contributed by atoms with van der Waals surface area (Å²) in [6.07, 6.45) is 12.1. The van der Waals surface area contributed by atoms with Crippen LogP contribution in [0.15, 0.2) is 84.0 Å². The Hall–Kier alpha value is -3.08. The van der Waals surface area contributed by atoms with Crippen LogP contribution in [0.3, 0.4) is 0 Å². The zero-order valence-electron chi connectivity index (χ0n) is 22.3. The van der Waals surface area contributed by atoms with Gasteiger partial charge in [0, 0.05) is 17.3 Å². The number of aliphatic hydroxyl groups is 2. The van der Waals surface area contributed by atoms with Gasteiger partial charge in [0.2, 0.25) is 0 Å². The lowest BCUT2D eigenvalue weighted by Crippen LogP contribution is -2.41. The minimum atomic E-state index is -0.500. The Bertz CT molecular complexity index is 1130. The number of benzene rings is 2. The SMILES string of the molecule is CC1=CC(C)(CC2(C)C=C(C)C=CC2O)C(O)C=C1.Cc1ccc(O)c(Cc2cc(C)ccc2O)c1. The molecule has 4 rings (SSSR count). The van der Waals surface area contributed by atoms with Crippen LogP contribution in [0.5, 0.6) is 11.5 Å². The zero-order valence-corrected chi connectivity index (χ0v) is 22.3. The molecule has 4 nitrogen and oxygen atoms in total. The van der Waals surface area contributed by atoms with Gasteiger partial charge in [-0.05, 0) is 57.4 Å². The maximum absolute atomic E-state index is 10.3. The fourth-order valence-corrected chi connectivity index (χ4v) is 5.28. The van der Waals surface area contributed by atoms with Crippen molar-refractivity contribution in [2.45, 2.75) is 66.6 Å². The predicted molar refractivity (Wildman–Crippen MR) is 147 cm³/mol. The molecule has 36 heavy (non-hydrogen) atoms. The number of aryl methyl sites for hydroxylation is 2. The Morgan fingerprint density at radius 3 is 1.44 bits per heavy atom. The van der Waals surface area contributed by atoms with Gasteiger partial charge in [0.15, 0.2) is 0 Å². The Balaban J connectivity index is 0.000000202. The van der Waals surface area contributed by atoms with Crippen molar-refractivity contribution in [1.29, 1.82) is 0 Å². The molecule has 4 heteroatoms. The van der Waals surface area contributed by atoms with E-state index in [9.17, 15) is 20.4 Å². The van der Waals surface area contributed by atoms with Gasteiger partial charge in [-0.1, -0.05) is 96.8 Å². The van der Waals surface area contributed by atoms with E-state index in [0.29, 0.717) is 12.8 Å². The van der Waals surface area contributed by atoms with Crippen molar-refractivity contribution in [3.63, 3.8) is 0 Å². The van der Waals surface area contributed by atoms with Crippen LogP contribution >= 0.6 is 0 Å². The normalized spacial score (nSPS) is 27.1. The molecule has 2 aliphatic rings. The third kappa shape index (κ3) is 6.57. The number of phenols is 2. The number of hydrogen-bond donors (Lipinski definition) is 4. The number of aliphatic hydroxyl groups excluding tert-OH is 2. The Kier molecular flexibility index (Phi) is 8.33. The molecule has 2 aliphatic carbocycles. The topological polar surface area (TPSA) is 80.9 Å². The maximum Gasteiger partial charge on any atom is 0.119 e. The smallest absolute Gasteiger partial charge is 0.119 e. The van der Waals surface area contributed by atoms with E-state index in [2.05, 4.69) is 26.0 Å². The lowest BCUT2D eigenvalue weighted by atomic mass is 9.64. The Morgan fingerprint density at radius 2 is 1.06 bits per heavy atom. The van der Waals surface area contributed by atoms with Gasteiger partial charge in [0.1, 0.15) is 11.5 Å². The lowest BCUT2D eigenvalue weighted by Gasteiger charge is -2.43. The van der Waals surface area contributed by atoms with Crippen molar-refractivity contribution in [2.75, 3.05) is 0 Å². The average molecular weight is 489 g/mol. The number of rotatable bonds is 4. The van der Waals surface area contributed by atoms with E-state index in [4.69, 9.17) is 0 Å². The van der Waals surface area contributed by atoms with Crippen molar-refractivity contribution < 1.29 is 20.4 Å². The van der Waals surface area contributed by atoms with Gasteiger partial charge < -0.3 is 20.4 Å². The minimum absolute atomic E-state index is 0.275. The second-order valence-corrected chi connectivity index (χ2v) is 11.0. The van der Waals surface area contributed by atoms with E-state index in [1.165, 1.54) is 0 Å². The predicted octanol–water partition coefficient (Wildman–Crippen LogP) is 6.45. The van der Waals surface area contributed by atoms with Gasteiger partial charge in [-0.25, -0.2) is 0 Å². The summed E-state index contributed by atoms with van der Waals surface area (Å²) in [7, 11) is 0. The Morgan fingerprint density at radius 1 is 0.667 bits per heavy atom. The first-order chi connectivity index (χ1) is 16.8. The summed E-state index contributed by atoms with van der Waals surface area (Å²) in [6.45, 7) is 12.2. The fraction of sp³-hybridized carbons (Fsp3) is 0.375. The Labute approximate surface area is 215 Å². The van der Waals surface area contributed by atoms with E-state index < -0.39 is 12.2 Å². The molecule has 0 amide bonds. The van der Waals surface area contributed by atoms with E-state index >= 15 is 0 Å². The zero-order chi connectivity index (χ0) is 26.7. The van der Waals surface area contributed by atoms with Gasteiger partial charge >= 0.3 is 0 Å². The third-order valence-electron chi connectivity index (χ3n) is 7.16. The molecule has 192 valence electrons. The second-order valence-electron chi connectivity index (χ2n) is 11.0. The summed E-state index contributed by atoms with van der Waals surface area (Å²) in [6, 6.07) is 11.0. The van der Waals surface area contributed by atoms with E-state index in [1.54, 1.807) is 12.1 Å². The summed E-state index contributed by atoms with van der Waals surface area (Å²) in [5, 5.41) is 40.1. The fourth-order valence-electron chi connectivity index (χ4n) is 5.28. The van der Waals surface area contributed by atoms with E-state index in [1.807, 2.05) is 76.3 Å². The maximum atomic E-state index is 10.3. The van der Waals surface area contributed by atoms with Crippen LogP contribution in [0, 0.1) is 24.7 Å². The number of aromatic hydroxyl groups is 2. The molecule has 4 unspecified atom stereocenters. The van der Waals surface area contributed by atoms with Gasteiger partial charge in [-0.3, -0.25) is 0 Å². The molecule has 0 spiro atoms. The number of hydrogen-bond acceptors (Lipinski definition) is 4. The average Bonchev–Trinajstić information content (AvgIpc) is 2.79. The minimum Gasteiger partial charge on any atom is -0.508 e. The van der Waals surface area contributed by atoms with Crippen molar-refractivity contribution in [3.8, 4) is 11.5 Å². The molecule has 0 saturated carbocycles. The van der Waals surface area contributed by atoms with Crippen LogP contribution < -0.4 is 0 Å². The quantitative estimate of drug-likeness (QED) is 0.399. The van der Waals surface area contributed by atoms with Crippen LogP contribution in [0.2, 0.25) is 0 Å². The summed E-state index contributed by atoms with van der Waals surface area (Å²) in [5.74, 6) is 0.549. The van der Waals surface area contributed by atoms with Crippen LogP contribution in [0.25, 0.3) is 0 Å². The van der Waals surface area contributed by atoms with Gasteiger partial charge in [0.25, 0.3) is 0 Å². The first-order valence-electron chi connectivity index (χ1n) is 12.5. The molecule has 0 bridgehead atoms. The molecule has 4 N–H and O–H groups in total. The largest absolute Gasteiger partial charge is 0.508 e. The molecule has 0 aromatic heterocycles. The monoisotopic (exact) mass is 488 g/mol. The van der Waals surface area contributed by atoms with Crippen molar-refractivity contribution in [2.24, 2.45) is 10.8 Å². The van der Waals surface area contributed by atoms with Crippen molar-refractivity contribution in [1.82, 2.24) is 0 Å². The number of allylic oxidation sites excluding steroid dienone is 4. The van der Waals surface area contributed by atoms with E-state index in [-0.39, 0.29) is 22.3 Å². The summed E-state index contributed by atoms with van der Waals surface area (Å²) in [4.78, 5) is 0. The molecule has 0 heterocycles. The highest BCUT2D eigenvalue weighted by atomic mass is 16.3. The van der Waals surface area contributed by atoms with E-state index in [0.717, 1.165) is 33.4 Å². The standard InChI is InChI=1S/C17H24O2.C15H16O2/c1-12-5-7-14(18)16(3,9-12)11-17(4)10-13(2)6-8-15(17)19;1-10-3-5-14(16)12(7-10)9-13-8-11(2)4-6-15(13)17/h5-10,14-15,18-19H,11H2,1-4H3;3-8,16-17H,9H2,1-2H3. The van der Waals surface area contributed by atoms with Crippen LogP contribution in [-0.4, -0.2) is 32.6 Å². The van der Waals surface area contributed by atoms with Gasteiger partial charge in [-0.15, -0.1) is 0 Å². The first-order valence-corrected chi connectivity index (χ1v) is 12.5. The van der Waals surface area contributed by atoms with Crippen LogP contribution in [0.4, 0.5) is 0 Å². The number of phenolic OH excluding ortho intramolecular Hbond substituents is 2. The van der Waals surface area contributed by atoms with Crippen molar-refractivity contribution >= 4 is 0 Å². The van der Waals surface area contributed by atoms with Crippen LogP contribution in [-0.2, 0) is 6.42 Å². The molecule has 0 radical (unpaired) electrons. The van der Waals surface area contributed by atoms with Crippen LogP contribution in [0.1, 0.15) is 56.4 Å². The molecule has 0 aliphatic heterocycles. The summed E-state index contributed by atoms with van der Waals surface area (Å²) in [5.41, 5.74) is 5.54. The highest BCUT2D eigenvalue weighted by Crippen LogP contribution is 2.45. The molecule has 2 aromatic rings. The molecule has 0 saturated heterocycles. The van der Waals surface area contributed by atoms with Gasteiger partial charge in [0.05, 0.1) is 12.2 Å². The highest BCUT2D eigenvalue weighted by Gasteiger charge is 2.41. The highest BCUT2D eigenvalue weighted by molar-refractivity contribution is 5.44. The molecular formula is C32H40O4. The molecule has 0 fully saturated rings. The van der Waals surface area contributed by atoms with Gasteiger partial charge in [-0.2, -0.15) is 0 Å². The van der Waals surface area contributed by atoms with Crippen molar-refractivity contribution in [3.05, 3.63) is 106 Å². The third-order valence-corrected chi connectivity index (χ3v) is 7.16. The molecule has 4 atom stereocenters. The first kappa shape index (κ1) is 27.5. The molecular weight excluding hydrogens is 448 g/mol. The summed E-state index contributed by atoms with van der Waals surface area (Å²) < 4.78 is 0. The lowest BCUT2D eigenvalue weighted by molar-refractivity contribution is 0.0316. The second kappa shape index (κ2) is 10.9. The molecule has 2 aromatic carbocycles.